The van der Waals surface area contributed by atoms with E-state index in [9.17, 15) is 9.59 Å². The fourth-order valence-electron chi connectivity index (χ4n) is 2.57. The summed E-state index contributed by atoms with van der Waals surface area (Å²) >= 11 is 0. The average molecular weight is 392 g/mol. The van der Waals surface area contributed by atoms with E-state index in [1.165, 1.54) is 18.5 Å². The number of carbonyl (C=O) groups is 2. The van der Waals surface area contributed by atoms with Gasteiger partial charge in [-0.05, 0) is 54.1 Å². The molecule has 0 bridgehead atoms. The Morgan fingerprint density at radius 3 is 2.59 bits per heavy atom. The molecule has 1 aliphatic heterocycles. The van der Waals surface area contributed by atoms with Crippen molar-refractivity contribution in [3.05, 3.63) is 78.3 Å². The zero-order chi connectivity index (χ0) is 20.1. The number of carbonyl (C=O) groups excluding carboxylic acids is 2. The summed E-state index contributed by atoms with van der Waals surface area (Å²) in [6.45, 7) is 0.105. The molecule has 0 radical (unpaired) electrons. The molecule has 1 N–H and O–H groups in total. The molecule has 146 valence electrons. The molecule has 8 nitrogen and oxygen atoms in total. The highest BCUT2D eigenvalue weighted by Gasteiger charge is 2.26. The molecule has 0 saturated heterocycles. The predicted molar refractivity (Wildman–Crippen MR) is 102 cm³/mol. The molecule has 0 spiro atoms. The molecule has 0 fully saturated rings. The number of nitrogens with zero attached hydrogens (tertiary/aromatic N) is 1. The first-order valence-corrected chi connectivity index (χ1v) is 8.76. The number of hydrogen-bond acceptors (Lipinski definition) is 7. The highest BCUT2D eigenvalue weighted by molar-refractivity contribution is 5.88. The molecule has 3 aromatic rings. The summed E-state index contributed by atoms with van der Waals surface area (Å²) in [6, 6.07) is 16.9. The van der Waals surface area contributed by atoms with Crippen molar-refractivity contribution in [2.75, 3.05) is 6.61 Å². The van der Waals surface area contributed by atoms with E-state index in [0.717, 1.165) is 0 Å². The van der Waals surface area contributed by atoms with Crippen molar-refractivity contribution < 1.29 is 28.2 Å². The molecule has 1 aromatic heterocycles. The van der Waals surface area contributed by atoms with Gasteiger partial charge in [0.1, 0.15) is 12.4 Å². The van der Waals surface area contributed by atoms with Crippen molar-refractivity contribution in [1.29, 1.82) is 0 Å². The molecule has 8 heteroatoms. The van der Waals surface area contributed by atoms with Crippen LogP contribution in [-0.4, -0.2) is 30.8 Å². The number of esters is 1. The number of furan rings is 1. The van der Waals surface area contributed by atoms with Crippen molar-refractivity contribution in [3.63, 3.8) is 0 Å². The Kier molecular flexibility index (Phi) is 5.24. The maximum Gasteiger partial charge on any atom is 0.379 e. The van der Waals surface area contributed by atoms with E-state index in [2.05, 4.69) is 10.5 Å². The monoisotopic (exact) mass is 392 g/mol. The Hall–Kier alpha value is -4.07. The van der Waals surface area contributed by atoms with Crippen LogP contribution in [0.15, 0.2) is 76.4 Å². The Morgan fingerprint density at radius 2 is 1.83 bits per heavy atom. The first kappa shape index (κ1) is 18.3. The van der Waals surface area contributed by atoms with Crippen LogP contribution in [0.2, 0.25) is 0 Å². The van der Waals surface area contributed by atoms with Crippen LogP contribution in [-0.2, 0) is 4.79 Å². The first-order valence-electron chi connectivity index (χ1n) is 8.76. The number of hydrazone groups is 1. The average Bonchev–Trinajstić information content (AvgIpc) is 3.30. The molecule has 2 aromatic carbocycles. The second kappa shape index (κ2) is 8.30. The second-order valence-corrected chi connectivity index (χ2v) is 6.03. The highest BCUT2D eigenvalue weighted by Crippen LogP contribution is 2.30. The number of hydrogen-bond donors (Lipinski definition) is 1. The first-order chi connectivity index (χ1) is 14.2. The fraction of sp³-hybridized carbons (Fsp3) is 0.0952. The van der Waals surface area contributed by atoms with Gasteiger partial charge < -0.3 is 18.6 Å². The molecule has 0 saturated carbocycles. The van der Waals surface area contributed by atoms with Crippen molar-refractivity contribution in [2.24, 2.45) is 5.10 Å². The number of amides is 1. The van der Waals surface area contributed by atoms with E-state index in [4.69, 9.17) is 18.6 Å². The van der Waals surface area contributed by atoms with Gasteiger partial charge in [-0.15, -0.1) is 0 Å². The lowest BCUT2D eigenvalue weighted by molar-refractivity contribution is -0.130. The lowest BCUT2D eigenvalue weighted by Gasteiger charge is -2.24. The van der Waals surface area contributed by atoms with Crippen LogP contribution in [0.3, 0.4) is 0 Å². The van der Waals surface area contributed by atoms with E-state index >= 15 is 0 Å². The van der Waals surface area contributed by atoms with E-state index in [-0.39, 0.29) is 12.4 Å². The molecule has 0 aliphatic carbocycles. The van der Waals surface area contributed by atoms with Crippen LogP contribution in [0.5, 0.6) is 17.2 Å². The lowest BCUT2D eigenvalue weighted by Crippen LogP contribution is -2.42. The van der Waals surface area contributed by atoms with Gasteiger partial charge in [0.05, 0.1) is 12.5 Å². The Morgan fingerprint density at radius 1 is 1.03 bits per heavy atom. The quantitative estimate of drug-likeness (QED) is 0.310. The zero-order valence-corrected chi connectivity index (χ0v) is 15.1. The van der Waals surface area contributed by atoms with Crippen LogP contribution < -0.4 is 19.6 Å². The second-order valence-electron chi connectivity index (χ2n) is 6.03. The van der Waals surface area contributed by atoms with Crippen molar-refractivity contribution in [1.82, 2.24) is 5.43 Å². The molecule has 2 heterocycles. The number of para-hydroxylation sites is 2. The van der Waals surface area contributed by atoms with Gasteiger partial charge in [0.2, 0.25) is 11.9 Å². The summed E-state index contributed by atoms with van der Waals surface area (Å²) in [6.07, 6.45) is 2.08. The molecule has 1 atom stereocenters. The predicted octanol–water partition coefficient (Wildman–Crippen LogP) is 2.79. The van der Waals surface area contributed by atoms with Gasteiger partial charge in [-0.2, -0.15) is 5.10 Å². The Balaban J connectivity index is 1.29. The van der Waals surface area contributed by atoms with Gasteiger partial charge >= 0.3 is 5.97 Å². The van der Waals surface area contributed by atoms with E-state index < -0.39 is 18.0 Å². The van der Waals surface area contributed by atoms with Crippen LogP contribution in [0, 0.1) is 0 Å². The Labute approximate surface area is 165 Å². The van der Waals surface area contributed by atoms with Gasteiger partial charge in [0, 0.05) is 0 Å². The van der Waals surface area contributed by atoms with Gasteiger partial charge in [-0.3, -0.25) is 4.79 Å². The summed E-state index contributed by atoms with van der Waals surface area (Å²) in [4.78, 5) is 24.0. The van der Waals surface area contributed by atoms with Crippen LogP contribution in [0.4, 0.5) is 0 Å². The molecule has 1 amide bonds. The third-order valence-electron chi connectivity index (χ3n) is 4.00. The van der Waals surface area contributed by atoms with Gasteiger partial charge in [0.25, 0.3) is 5.91 Å². The standard InChI is InChI=1S/C21H16N2O6/c24-20(19-13-27-16-4-1-2-5-17(16)29-19)23-22-12-14-7-9-15(10-8-14)28-21(25)18-6-3-11-26-18/h1-12,19H,13H2,(H,23,24)/b22-12-/t19-/m0/s1. The minimum absolute atomic E-state index is 0.105. The maximum absolute atomic E-state index is 12.2. The topological polar surface area (TPSA) is 99.4 Å². The molecule has 1 aliphatic rings. The highest BCUT2D eigenvalue weighted by atomic mass is 16.6. The van der Waals surface area contributed by atoms with Crippen molar-refractivity contribution >= 4 is 18.1 Å². The molecular formula is C21H16N2O6. The third kappa shape index (κ3) is 4.44. The Bertz CT molecular complexity index is 1030. The summed E-state index contributed by atoms with van der Waals surface area (Å²) in [5.41, 5.74) is 3.13. The fourth-order valence-corrected chi connectivity index (χ4v) is 2.57. The van der Waals surface area contributed by atoms with Gasteiger partial charge in [-0.25, -0.2) is 10.2 Å². The normalized spacial score (nSPS) is 15.1. The van der Waals surface area contributed by atoms with E-state index in [1.54, 1.807) is 48.5 Å². The summed E-state index contributed by atoms with van der Waals surface area (Å²) in [5, 5.41) is 3.92. The zero-order valence-electron chi connectivity index (χ0n) is 15.1. The van der Waals surface area contributed by atoms with Crippen LogP contribution in [0.1, 0.15) is 16.1 Å². The molecule has 0 unspecified atom stereocenters. The van der Waals surface area contributed by atoms with Crippen molar-refractivity contribution in [3.8, 4) is 17.2 Å². The van der Waals surface area contributed by atoms with Crippen molar-refractivity contribution in [2.45, 2.75) is 6.10 Å². The van der Waals surface area contributed by atoms with E-state index in [0.29, 0.717) is 22.8 Å². The maximum atomic E-state index is 12.2. The summed E-state index contributed by atoms with van der Waals surface area (Å²) in [7, 11) is 0. The third-order valence-corrected chi connectivity index (χ3v) is 4.00. The smallest absolute Gasteiger partial charge is 0.379 e. The molecular weight excluding hydrogens is 376 g/mol. The SMILES string of the molecule is O=C(Oc1ccc(/C=N\NC(=O)[C@@H]2COc3ccccc3O2)cc1)c1ccco1. The van der Waals surface area contributed by atoms with Crippen LogP contribution in [0.25, 0.3) is 0 Å². The summed E-state index contributed by atoms with van der Waals surface area (Å²) < 4.78 is 21.3. The number of rotatable bonds is 5. The largest absolute Gasteiger partial charge is 0.485 e. The van der Waals surface area contributed by atoms with Gasteiger partial charge in [-0.1, -0.05) is 12.1 Å². The number of fused-ring (bicyclic) bond motifs is 1. The molecule has 29 heavy (non-hydrogen) atoms. The minimum Gasteiger partial charge on any atom is -0.485 e. The van der Waals surface area contributed by atoms with E-state index in [1.807, 2.05) is 6.07 Å². The lowest BCUT2D eigenvalue weighted by atomic mass is 10.2. The minimum atomic E-state index is -0.787. The van der Waals surface area contributed by atoms with Crippen LogP contribution >= 0.6 is 0 Å². The number of ether oxygens (including phenoxy) is 3. The number of benzene rings is 2. The van der Waals surface area contributed by atoms with Gasteiger partial charge in [0.15, 0.2) is 11.5 Å². The molecule has 4 rings (SSSR count). The number of nitrogens with one attached hydrogen (secondary N) is 1. The summed E-state index contributed by atoms with van der Waals surface area (Å²) in [5.74, 6) is 0.601.